The van der Waals surface area contributed by atoms with E-state index in [1.807, 2.05) is 0 Å². The summed E-state index contributed by atoms with van der Waals surface area (Å²) < 4.78 is 43.9. The molecular formula is C16H19FN2O5S. The predicted molar refractivity (Wildman–Crippen MR) is 87.0 cm³/mol. The van der Waals surface area contributed by atoms with Crippen molar-refractivity contribution in [2.24, 2.45) is 0 Å². The number of ether oxygens (including phenoxy) is 1. The summed E-state index contributed by atoms with van der Waals surface area (Å²) >= 11 is 0. The van der Waals surface area contributed by atoms with Gasteiger partial charge >= 0.3 is 6.09 Å². The molecule has 2 fully saturated rings. The monoisotopic (exact) mass is 370 g/mol. The molecule has 1 aromatic rings. The maximum Gasteiger partial charge on any atom is 0.410 e. The van der Waals surface area contributed by atoms with Crippen molar-refractivity contribution >= 4 is 21.8 Å². The fourth-order valence-corrected chi connectivity index (χ4v) is 4.91. The lowest BCUT2D eigenvalue weighted by atomic mass is 10.1. The summed E-state index contributed by atoms with van der Waals surface area (Å²) in [5.41, 5.74) is 0.139. The number of carbonyl (C=O) groups is 2. The van der Waals surface area contributed by atoms with Crippen LogP contribution in [0.5, 0.6) is 0 Å². The normalized spacial score (nSPS) is 23.2. The molecule has 136 valence electrons. The number of nitrogens with zero attached hydrogens (tertiary/aromatic N) is 2. The third-order valence-corrected chi connectivity index (χ3v) is 6.62. The van der Waals surface area contributed by atoms with Crippen molar-refractivity contribution in [1.82, 2.24) is 9.80 Å². The van der Waals surface area contributed by atoms with E-state index in [0.717, 1.165) is 0 Å². The van der Waals surface area contributed by atoms with Crippen LogP contribution in [0.25, 0.3) is 0 Å². The number of rotatable bonds is 3. The molecule has 0 spiro atoms. The Morgan fingerprint density at radius 2 is 2.00 bits per heavy atom. The zero-order chi connectivity index (χ0) is 18.0. The highest BCUT2D eigenvalue weighted by molar-refractivity contribution is 7.91. The number of hydrogen-bond donors (Lipinski definition) is 0. The molecule has 2 amide bonds. The molecule has 2 heterocycles. The van der Waals surface area contributed by atoms with Crippen molar-refractivity contribution in [3.05, 3.63) is 35.6 Å². The number of halogens is 1. The van der Waals surface area contributed by atoms with Crippen LogP contribution in [0.3, 0.4) is 0 Å². The first-order chi connectivity index (χ1) is 11.9. The Bertz CT molecular complexity index is 782. The molecule has 7 nitrogen and oxygen atoms in total. The highest BCUT2D eigenvalue weighted by Crippen LogP contribution is 2.31. The summed E-state index contributed by atoms with van der Waals surface area (Å²) in [6, 6.07) is 5.81. The summed E-state index contributed by atoms with van der Waals surface area (Å²) in [5.74, 6) is -1.12. The molecular weight excluding hydrogens is 351 g/mol. The van der Waals surface area contributed by atoms with Crippen LogP contribution >= 0.6 is 0 Å². The van der Waals surface area contributed by atoms with Crippen LogP contribution in [0, 0.1) is 5.82 Å². The number of carbonyl (C=O) groups excluding carboxylic acids is 2. The number of sulfone groups is 1. The Hall–Kier alpha value is -2.16. The summed E-state index contributed by atoms with van der Waals surface area (Å²) in [6.07, 6.45) is -0.417. The van der Waals surface area contributed by atoms with Crippen LogP contribution in [0.2, 0.25) is 0 Å². The van der Waals surface area contributed by atoms with E-state index in [-0.39, 0.29) is 49.9 Å². The fraction of sp³-hybridized carbons (Fsp3) is 0.500. The van der Waals surface area contributed by atoms with Gasteiger partial charge in [-0.15, -0.1) is 0 Å². The SMILES string of the molecule is O=C(CN1CCOC1=O)N1CCC(c2ccccc2F)S(=O)(=O)CC1. The molecule has 3 rings (SSSR count). The molecule has 0 saturated carbocycles. The molecule has 0 aliphatic carbocycles. The Morgan fingerprint density at radius 1 is 1.24 bits per heavy atom. The van der Waals surface area contributed by atoms with Crippen LogP contribution in [-0.2, 0) is 19.4 Å². The summed E-state index contributed by atoms with van der Waals surface area (Å²) in [7, 11) is -3.58. The van der Waals surface area contributed by atoms with Crippen LogP contribution in [-0.4, -0.2) is 68.8 Å². The van der Waals surface area contributed by atoms with E-state index >= 15 is 0 Å². The Labute approximate surface area is 145 Å². The number of benzene rings is 1. The van der Waals surface area contributed by atoms with Crippen LogP contribution in [0.1, 0.15) is 17.2 Å². The molecule has 2 saturated heterocycles. The van der Waals surface area contributed by atoms with Gasteiger partial charge in [0.05, 0.1) is 17.5 Å². The van der Waals surface area contributed by atoms with E-state index in [9.17, 15) is 22.4 Å². The second-order valence-corrected chi connectivity index (χ2v) is 8.39. The highest BCUT2D eigenvalue weighted by atomic mass is 32.2. The Morgan fingerprint density at radius 3 is 2.68 bits per heavy atom. The lowest BCUT2D eigenvalue weighted by molar-refractivity contribution is -0.131. The maximum atomic E-state index is 14.0. The molecule has 1 aromatic carbocycles. The number of cyclic esters (lactones) is 1. The minimum atomic E-state index is -3.58. The quantitative estimate of drug-likeness (QED) is 0.792. The van der Waals surface area contributed by atoms with E-state index in [0.29, 0.717) is 6.54 Å². The second-order valence-electron chi connectivity index (χ2n) is 6.08. The zero-order valence-corrected chi connectivity index (χ0v) is 14.4. The third kappa shape index (κ3) is 3.76. The van der Waals surface area contributed by atoms with E-state index in [1.54, 1.807) is 6.07 Å². The molecule has 0 N–H and O–H groups in total. The molecule has 0 aromatic heterocycles. The van der Waals surface area contributed by atoms with E-state index in [4.69, 9.17) is 4.74 Å². The molecule has 1 atom stereocenters. The van der Waals surface area contributed by atoms with E-state index in [2.05, 4.69) is 0 Å². The molecule has 25 heavy (non-hydrogen) atoms. The van der Waals surface area contributed by atoms with Crippen LogP contribution < -0.4 is 0 Å². The molecule has 2 aliphatic heterocycles. The fourth-order valence-electron chi connectivity index (χ4n) is 3.11. The Balaban J connectivity index is 1.73. The van der Waals surface area contributed by atoms with E-state index < -0.39 is 27.0 Å². The summed E-state index contributed by atoms with van der Waals surface area (Å²) in [6.45, 7) is 0.683. The Kier molecular flexibility index (Phi) is 4.94. The van der Waals surface area contributed by atoms with Crippen LogP contribution in [0.15, 0.2) is 24.3 Å². The first kappa shape index (κ1) is 17.7. The zero-order valence-electron chi connectivity index (χ0n) is 13.6. The lowest BCUT2D eigenvalue weighted by Crippen LogP contribution is -2.42. The first-order valence-electron chi connectivity index (χ1n) is 8.04. The minimum absolute atomic E-state index is 0.0367. The van der Waals surface area contributed by atoms with Crippen LogP contribution in [0.4, 0.5) is 9.18 Å². The highest BCUT2D eigenvalue weighted by Gasteiger charge is 2.35. The summed E-state index contributed by atoms with van der Waals surface area (Å²) in [5, 5.41) is -0.969. The molecule has 0 radical (unpaired) electrons. The van der Waals surface area contributed by atoms with Crippen molar-refractivity contribution in [2.75, 3.05) is 38.5 Å². The van der Waals surface area contributed by atoms with Gasteiger partial charge in [0.15, 0.2) is 9.84 Å². The largest absolute Gasteiger partial charge is 0.448 e. The van der Waals surface area contributed by atoms with Crippen molar-refractivity contribution < 1.29 is 27.1 Å². The predicted octanol–water partition coefficient (Wildman–Crippen LogP) is 0.966. The average molecular weight is 370 g/mol. The number of hydrogen-bond acceptors (Lipinski definition) is 5. The minimum Gasteiger partial charge on any atom is -0.448 e. The molecule has 2 aliphatic rings. The summed E-state index contributed by atoms with van der Waals surface area (Å²) in [4.78, 5) is 26.5. The van der Waals surface area contributed by atoms with Gasteiger partial charge in [-0.3, -0.25) is 9.69 Å². The van der Waals surface area contributed by atoms with Gasteiger partial charge in [-0.05, 0) is 12.5 Å². The van der Waals surface area contributed by atoms with Gasteiger partial charge in [-0.25, -0.2) is 17.6 Å². The second kappa shape index (κ2) is 6.99. The maximum absolute atomic E-state index is 14.0. The first-order valence-corrected chi connectivity index (χ1v) is 9.75. The van der Waals surface area contributed by atoms with Crippen molar-refractivity contribution in [3.63, 3.8) is 0 Å². The van der Waals surface area contributed by atoms with Gasteiger partial charge in [-0.2, -0.15) is 0 Å². The van der Waals surface area contributed by atoms with Gasteiger partial charge in [0.2, 0.25) is 5.91 Å². The lowest BCUT2D eigenvalue weighted by Gasteiger charge is -2.22. The smallest absolute Gasteiger partial charge is 0.410 e. The van der Waals surface area contributed by atoms with E-state index in [1.165, 1.54) is 28.0 Å². The molecule has 0 bridgehead atoms. The van der Waals surface area contributed by atoms with Gasteiger partial charge in [0.1, 0.15) is 19.0 Å². The van der Waals surface area contributed by atoms with Crippen molar-refractivity contribution in [3.8, 4) is 0 Å². The van der Waals surface area contributed by atoms with Gasteiger partial charge < -0.3 is 9.64 Å². The van der Waals surface area contributed by atoms with Gasteiger partial charge in [0, 0.05) is 18.7 Å². The third-order valence-electron chi connectivity index (χ3n) is 4.52. The number of amides is 2. The van der Waals surface area contributed by atoms with Gasteiger partial charge in [-0.1, -0.05) is 18.2 Å². The average Bonchev–Trinajstić information content (AvgIpc) is 2.88. The molecule has 1 unspecified atom stereocenters. The van der Waals surface area contributed by atoms with Crippen molar-refractivity contribution in [1.29, 1.82) is 0 Å². The van der Waals surface area contributed by atoms with Gasteiger partial charge in [0.25, 0.3) is 0 Å². The molecule has 9 heteroatoms. The van der Waals surface area contributed by atoms with Crippen molar-refractivity contribution in [2.45, 2.75) is 11.7 Å². The standard InChI is InChI=1S/C16H19FN2O5S/c17-13-4-2-1-3-12(13)14-5-6-18(8-10-25(14,22)23)15(20)11-19-7-9-24-16(19)21/h1-4,14H,5-11H2. The topological polar surface area (TPSA) is 84.0 Å².